The SMILES string of the molecule is Cc1cc(C)c(CC#N)c(C(F)(F)F)c1. The summed E-state index contributed by atoms with van der Waals surface area (Å²) in [6, 6.07) is 4.49. The van der Waals surface area contributed by atoms with Crippen LogP contribution < -0.4 is 0 Å². The fraction of sp³-hybridized carbons (Fsp3) is 0.364. The largest absolute Gasteiger partial charge is 0.416 e. The summed E-state index contributed by atoms with van der Waals surface area (Å²) in [6.45, 7) is 3.20. The Balaban J connectivity index is 3.41. The van der Waals surface area contributed by atoms with Crippen LogP contribution in [-0.2, 0) is 12.6 Å². The van der Waals surface area contributed by atoms with E-state index in [-0.39, 0.29) is 12.0 Å². The third kappa shape index (κ3) is 2.50. The first-order valence-corrected chi connectivity index (χ1v) is 4.40. The second-order valence-corrected chi connectivity index (χ2v) is 3.44. The Morgan fingerprint density at radius 1 is 1.27 bits per heavy atom. The van der Waals surface area contributed by atoms with E-state index in [0.717, 1.165) is 6.07 Å². The molecular formula is C11H10F3N. The molecule has 0 unspecified atom stereocenters. The molecule has 0 aliphatic carbocycles. The Bertz CT molecular complexity index is 413. The number of aryl methyl sites for hydroxylation is 2. The third-order valence-electron chi connectivity index (χ3n) is 2.18. The summed E-state index contributed by atoms with van der Waals surface area (Å²) < 4.78 is 37.9. The summed E-state index contributed by atoms with van der Waals surface area (Å²) in [5.74, 6) is 0. The second-order valence-electron chi connectivity index (χ2n) is 3.44. The molecule has 0 saturated carbocycles. The zero-order valence-electron chi connectivity index (χ0n) is 8.44. The highest BCUT2D eigenvalue weighted by Gasteiger charge is 2.33. The Kier molecular flexibility index (Phi) is 3.04. The molecule has 0 spiro atoms. The molecule has 0 saturated heterocycles. The van der Waals surface area contributed by atoms with Gasteiger partial charge in [-0.05, 0) is 31.0 Å². The van der Waals surface area contributed by atoms with Crippen molar-refractivity contribution in [3.8, 4) is 6.07 Å². The van der Waals surface area contributed by atoms with Crippen LogP contribution in [0.3, 0.4) is 0 Å². The molecule has 1 aromatic carbocycles. The topological polar surface area (TPSA) is 23.8 Å². The fourth-order valence-electron chi connectivity index (χ4n) is 1.56. The number of hydrogen-bond acceptors (Lipinski definition) is 1. The summed E-state index contributed by atoms with van der Waals surface area (Å²) >= 11 is 0. The summed E-state index contributed by atoms with van der Waals surface area (Å²) in [5, 5.41) is 8.49. The van der Waals surface area contributed by atoms with Gasteiger partial charge in [0.1, 0.15) is 0 Å². The molecule has 0 amide bonds. The lowest BCUT2D eigenvalue weighted by atomic mass is 9.96. The quantitative estimate of drug-likeness (QED) is 0.701. The molecule has 80 valence electrons. The molecule has 15 heavy (non-hydrogen) atoms. The van der Waals surface area contributed by atoms with Gasteiger partial charge in [-0.15, -0.1) is 0 Å². The van der Waals surface area contributed by atoms with Gasteiger partial charge in [0, 0.05) is 0 Å². The lowest BCUT2D eigenvalue weighted by Crippen LogP contribution is -2.10. The van der Waals surface area contributed by atoms with Gasteiger partial charge in [0.25, 0.3) is 0 Å². The van der Waals surface area contributed by atoms with Crippen LogP contribution in [0, 0.1) is 25.2 Å². The van der Waals surface area contributed by atoms with Crippen molar-refractivity contribution in [3.05, 3.63) is 34.4 Å². The molecule has 0 fully saturated rings. The summed E-state index contributed by atoms with van der Waals surface area (Å²) in [7, 11) is 0. The van der Waals surface area contributed by atoms with Gasteiger partial charge in [-0.3, -0.25) is 0 Å². The predicted octanol–water partition coefficient (Wildman–Crippen LogP) is 3.39. The summed E-state index contributed by atoms with van der Waals surface area (Å²) in [5.41, 5.74) is 0.461. The van der Waals surface area contributed by atoms with Gasteiger partial charge >= 0.3 is 6.18 Å². The van der Waals surface area contributed by atoms with E-state index in [1.165, 1.54) is 0 Å². The van der Waals surface area contributed by atoms with Crippen molar-refractivity contribution in [3.63, 3.8) is 0 Å². The molecule has 1 aromatic rings. The number of halogens is 3. The van der Waals surface area contributed by atoms with Crippen molar-refractivity contribution in [1.29, 1.82) is 5.26 Å². The van der Waals surface area contributed by atoms with Gasteiger partial charge in [0.05, 0.1) is 18.1 Å². The molecule has 0 aliphatic heterocycles. The van der Waals surface area contributed by atoms with Crippen LogP contribution in [-0.4, -0.2) is 0 Å². The molecule has 0 heterocycles. The first-order valence-electron chi connectivity index (χ1n) is 4.40. The zero-order valence-corrected chi connectivity index (χ0v) is 8.44. The van der Waals surface area contributed by atoms with Crippen molar-refractivity contribution >= 4 is 0 Å². The van der Waals surface area contributed by atoms with Gasteiger partial charge in [0.2, 0.25) is 0 Å². The van der Waals surface area contributed by atoms with Crippen molar-refractivity contribution in [2.75, 3.05) is 0 Å². The Hall–Kier alpha value is -1.50. The van der Waals surface area contributed by atoms with Gasteiger partial charge in [-0.1, -0.05) is 11.6 Å². The van der Waals surface area contributed by atoms with Crippen molar-refractivity contribution in [2.45, 2.75) is 26.4 Å². The Morgan fingerprint density at radius 3 is 2.33 bits per heavy atom. The maximum Gasteiger partial charge on any atom is 0.416 e. The standard InChI is InChI=1S/C11H10F3N/c1-7-5-8(2)9(3-4-15)10(6-7)11(12,13)14/h5-6H,3H2,1-2H3. The third-order valence-corrected chi connectivity index (χ3v) is 2.18. The molecule has 0 atom stereocenters. The Morgan fingerprint density at radius 2 is 1.87 bits per heavy atom. The van der Waals surface area contributed by atoms with E-state index in [9.17, 15) is 13.2 Å². The number of hydrogen-bond donors (Lipinski definition) is 0. The van der Waals surface area contributed by atoms with Crippen LogP contribution in [0.4, 0.5) is 13.2 Å². The van der Waals surface area contributed by atoms with Crippen LogP contribution in [0.15, 0.2) is 12.1 Å². The van der Waals surface area contributed by atoms with Crippen LogP contribution in [0.2, 0.25) is 0 Å². The van der Waals surface area contributed by atoms with E-state index >= 15 is 0 Å². The number of benzene rings is 1. The van der Waals surface area contributed by atoms with E-state index in [1.54, 1.807) is 26.0 Å². The maximum absolute atomic E-state index is 12.6. The van der Waals surface area contributed by atoms with Crippen LogP contribution in [0.25, 0.3) is 0 Å². The van der Waals surface area contributed by atoms with Crippen molar-refractivity contribution < 1.29 is 13.2 Å². The lowest BCUT2D eigenvalue weighted by Gasteiger charge is -2.14. The average Bonchev–Trinajstić information content (AvgIpc) is 2.07. The number of rotatable bonds is 1. The van der Waals surface area contributed by atoms with E-state index < -0.39 is 11.7 Å². The number of nitriles is 1. The second kappa shape index (κ2) is 3.93. The summed E-state index contributed by atoms with van der Waals surface area (Å²) in [4.78, 5) is 0. The summed E-state index contributed by atoms with van der Waals surface area (Å²) in [6.07, 6.45) is -4.59. The predicted molar refractivity (Wildman–Crippen MR) is 50.2 cm³/mol. The minimum Gasteiger partial charge on any atom is -0.198 e. The molecule has 0 aromatic heterocycles. The highest BCUT2D eigenvalue weighted by Crippen LogP contribution is 2.34. The minimum atomic E-state index is -4.39. The Labute approximate surface area is 86.1 Å². The molecule has 0 aliphatic rings. The number of nitrogens with zero attached hydrogens (tertiary/aromatic N) is 1. The molecule has 4 heteroatoms. The molecule has 0 N–H and O–H groups in total. The van der Waals surface area contributed by atoms with E-state index in [2.05, 4.69) is 0 Å². The van der Waals surface area contributed by atoms with E-state index in [0.29, 0.717) is 11.1 Å². The van der Waals surface area contributed by atoms with Gasteiger partial charge in [0.15, 0.2) is 0 Å². The fourth-order valence-corrected chi connectivity index (χ4v) is 1.56. The van der Waals surface area contributed by atoms with Crippen molar-refractivity contribution in [1.82, 2.24) is 0 Å². The monoisotopic (exact) mass is 213 g/mol. The molecule has 1 nitrogen and oxygen atoms in total. The lowest BCUT2D eigenvalue weighted by molar-refractivity contribution is -0.138. The molecule has 0 bridgehead atoms. The highest BCUT2D eigenvalue weighted by molar-refractivity contribution is 5.41. The highest BCUT2D eigenvalue weighted by atomic mass is 19.4. The number of alkyl halides is 3. The van der Waals surface area contributed by atoms with Crippen LogP contribution >= 0.6 is 0 Å². The maximum atomic E-state index is 12.6. The van der Waals surface area contributed by atoms with Gasteiger partial charge < -0.3 is 0 Å². The van der Waals surface area contributed by atoms with Crippen LogP contribution in [0.5, 0.6) is 0 Å². The zero-order chi connectivity index (χ0) is 11.6. The smallest absolute Gasteiger partial charge is 0.198 e. The molecule has 0 radical (unpaired) electrons. The molecular weight excluding hydrogens is 203 g/mol. The first-order chi connectivity index (χ1) is 6.86. The first kappa shape index (κ1) is 11.6. The van der Waals surface area contributed by atoms with E-state index in [4.69, 9.17) is 5.26 Å². The van der Waals surface area contributed by atoms with E-state index in [1.807, 2.05) is 0 Å². The van der Waals surface area contributed by atoms with Crippen LogP contribution in [0.1, 0.15) is 22.3 Å². The van der Waals surface area contributed by atoms with Gasteiger partial charge in [-0.25, -0.2) is 0 Å². The van der Waals surface area contributed by atoms with Gasteiger partial charge in [-0.2, -0.15) is 18.4 Å². The minimum absolute atomic E-state index is 0.0793. The average molecular weight is 213 g/mol. The molecule has 1 rings (SSSR count). The normalized spacial score (nSPS) is 11.2. The van der Waals surface area contributed by atoms with Crippen molar-refractivity contribution in [2.24, 2.45) is 0 Å².